The first-order valence-electron chi connectivity index (χ1n) is 12.3. The van der Waals surface area contributed by atoms with E-state index >= 15 is 0 Å². The maximum Gasteiger partial charge on any atom is 0.222 e. The number of aliphatic hydroxyl groups excluding tert-OH is 1. The Kier molecular flexibility index (Phi) is 13.1. The van der Waals surface area contributed by atoms with Crippen LogP contribution < -0.4 is 20.5 Å². The second-order valence-electron chi connectivity index (χ2n) is 8.27. The van der Waals surface area contributed by atoms with Crippen molar-refractivity contribution in [3.8, 4) is 11.5 Å². The Labute approximate surface area is 214 Å². The normalized spacial score (nSPS) is 10.4. The van der Waals surface area contributed by atoms with Crippen LogP contribution >= 0.6 is 0 Å². The van der Waals surface area contributed by atoms with Gasteiger partial charge in [0.05, 0.1) is 20.3 Å². The van der Waals surface area contributed by atoms with Crippen molar-refractivity contribution in [2.45, 2.75) is 46.1 Å². The van der Waals surface area contributed by atoms with Crippen LogP contribution in [0.25, 0.3) is 0 Å². The molecular weight excluding hydrogens is 456 g/mol. The van der Waals surface area contributed by atoms with Crippen LogP contribution in [0.2, 0.25) is 0 Å². The number of ether oxygens (including phenoxy) is 3. The van der Waals surface area contributed by atoms with Gasteiger partial charge < -0.3 is 30.4 Å². The van der Waals surface area contributed by atoms with Crippen LogP contribution in [0.4, 0.5) is 11.8 Å². The first-order chi connectivity index (χ1) is 17.5. The molecule has 0 spiro atoms. The Morgan fingerprint density at radius 2 is 1.81 bits per heavy atom. The predicted molar refractivity (Wildman–Crippen MR) is 145 cm³/mol. The second-order valence-corrected chi connectivity index (χ2v) is 8.27. The Morgan fingerprint density at radius 1 is 1.03 bits per heavy atom. The summed E-state index contributed by atoms with van der Waals surface area (Å²) in [5, 5.41) is 12.2. The standard InChI is InChI=1S/C20H30N4O3.C8H10O/c1-4-5-9-22-19-17(14(2)23-20(21)24-19)12-15-7-8-16(13-18(15)26-3)27-11-6-10-25;1-9-7-8-5-3-2-4-6-8/h7-8,13,25H,4-6,9-12H2,1-3H3,(H3,21,22,23,24);2-6H,7H2,1H3. The highest BCUT2D eigenvalue weighted by atomic mass is 16.5. The van der Waals surface area contributed by atoms with Gasteiger partial charge in [0.1, 0.15) is 17.3 Å². The van der Waals surface area contributed by atoms with E-state index in [9.17, 15) is 0 Å². The highest BCUT2D eigenvalue weighted by Crippen LogP contribution is 2.29. The van der Waals surface area contributed by atoms with Crippen molar-refractivity contribution in [1.82, 2.24) is 9.97 Å². The van der Waals surface area contributed by atoms with Crippen LogP contribution in [0.5, 0.6) is 11.5 Å². The Balaban J connectivity index is 0.000000425. The minimum absolute atomic E-state index is 0.111. The van der Waals surface area contributed by atoms with Gasteiger partial charge in [0.15, 0.2) is 0 Å². The number of methoxy groups -OCH3 is 2. The fourth-order valence-corrected chi connectivity index (χ4v) is 3.51. The van der Waals surface area contributed by atoms with E-state index in [0.29, 0.717) is 26.1 Å². The number of unbranched alkanes of at least 4 members (excludes halogenated alkanes) is 1. The monoisotopic (exact) mass is 496 g/mol. The third-order valence-corrected chi connectivity index (χ3v) is 5.40. The van der Waals surface area contributed by atoms with Gasteiger partial charge in [-0.1, -0.05) is 49.7 Å². The number of nitrogens with zero attached hydrogens (tertiary/aromatic N) is 2. The van der Waals surface area contributed by atoms with E-state index in [0.717, 1.165) is 53.5 Å². The number of hydrogen-bond acceptors (Lipinski definition) is 8. The zero-order chi connectivity index (χ0) is 26.2. The van der Waals surface area contributed by atoms with E-state index in [1.54, 1.807) is 14.2 Å². The number of rotatable bonds is 13. The summed E-state index contributed by atoms with van der Waals surface area (Å²) in [6.45, 7) is 6.22. The van der Waals surface area contributed by atoms with Gasteiger partial charge in [-0.05, 0) is 30.5 Å². The molecule has 0 fully saturated rings. The van der Waals surface area contributed by atoms with Crippen molar-refractivity contribution in [2.75, 3.05) is 45.0 Å². The van der Waals surface area contributed by atoms with Crippen LogP contribution in [0.3, 0.4) is 0 Å². The number of anilines is 2. The minimum atomic E-state index is 0.111. The van der Waals surface area contributed by atoms with Crippen molar-refractivity contribution in [1.29, 1.82) is 0 Å². The molecule has 3 aromatic rings. The molecule has 0 aliphatic heterocycles. The summed E-state index contributed by atoms with van der Waals surface area (Å²) in [4.78, 5) is 8.71. The van der Waals surface area contributed by atoms with Crippen LogP contribution in [0.15, 0.2) is 48.5 Å². The van der Waals surface area contributed by atoms with Crippen molar-refractivity contribution < 1.29 is 19.3 Å². The fraction of sp³-hybridized carbons (Fsp3) is 0.429. The molecule has 8 nitrogen and oxygen atoms in total. The lowest BCUT2D eigenvalue weighted by Crippen LogP contribution is -2.11. The summed E-state index contributed by atoms with van der Waals surface area (Å²) in [6.07, 6.45) is 3.39. The summed E-state index contributed by atoms with van der Waals surface area (Å²) < 4.78 is 16.1. The topological polar surface area (TPSA) is 112 Å². The molecule has 0 radical (unpaired) electrons. The molecule has 1 heterocycles. The van der Waals surface area contributed by atoms with Crippen LogP contribution in [-0.2, 0) is 17.8 Å². The first-order valence-corrected chi connectivity index (χ1v) is 12.3. The minimum Gasteiger partial charge on any atom is -0.496 e. The highest BCUT2D eigenvalue weighted by Gasteiger charge is 2.14. The van der Waals surface area contributed by atoms with Crippen LogP contribution in [0.1, 0.15) is 48.6 Å². The van der Waals surface area contributed by atoms with Gasteiger partial charge in [-0.2, -0.15) is 4.98 Å². The lowest BCUT2D eigenvalue weighted by Gasteiger charge is -2.16. The summed E-state index contributed by atoms with van der Waals surface area (Å²) in [5.74, 6) is 2.51. The molecule has 2 aromatic carbocycles. The highest BCUT2D eigenvalue weighted by molar-refractivity contribution is 5.53. The largest absolute Gasteiger partial charge is 0.496 e. The zero-order valence-electron chi connectivity index (χ0n) is 21.9. The predicted octanol–water partition coefficient (Wildman–Crippen LogP) is 4.77. The van der Waals surface area contributed by atoms with E-state index in [1.807, 2.05) is 55.5 Å². The van der Waals surface area contributed by atoms with Gasteiger partial charge >= 0.3 is 0 Å². The Morgan fingerprint density at radius 3 is 2.47 bits per heavy atom. The third-order valence-electron chi connectivity index (χ3n) is 5.40. The summed E-state index contributed by atoms with van der Waals surface area (Å²) >= 11 is 0. The number of nitrogen functional groups attached to an aromatic ring is 1. The lowest BCUT2D eigenvalue weighted by molar-refractivity contribution is 0.185. The van der Waals surface area contributed by atoms with E-state index in [1.165, 1.54) is 5.56 Å². The first kappa shape index (κ1) is 28.9. The van der Waals surface area contributed by atoms with E-state index < -0.39 is 0 Å². The molecule has 36 heavy (non-hydrogen) atoms. The Bertz CT molecular complexity index is 1030. The number of nitrogens with two attached hydrogens (primary N) is 1. The number of aryl methyl sites for hydroxylation is 1. The van der Waals surface area contributed by atoms with Crippen molar-refractivity contribution in [2.24, 2.45) is 0 Å². The summed E-state index contributed by atoms with van der Waals surface area (Å²) in [6, 6.07) is 15.9. The van der Waals surface area contributed by atoms with E-state index in [-0.39, 0.29) is 12.6 Å². The molecular formula is C28H40N4O4. The summed E-state index contributed by atoms with van der Waals surface area (Å²) in [7, 11) is 3.34. The number of aromatic nitrogens is 2. The van der Waals surface area contributed by atoms with Gasteiger partial charge in [0, 0.05) is 50.4 Å². The van der Waals surface area contributed by atoms with Crippen molar-refractivity contribution >= 4 is 11.8 Å². The van der Waals surface area contributed by atoms with E-state index in [4.69, 9.17) is 25.1 Å². The van der Waals surface area contributed by atoms with Gasteiger partial charge in [-0.25, -0.2) is 4.98 Å². The van der Waals surface area contributed by atoms with Crippen molar-refractivity contribution in [3.63, 3.8) is 0 Å². The van der Waals surface area contributed by atoms with Gasteiger partial charge in [0.2, 0.25) is 5.95 Å². The van der Waals surface area contributed by atoms with E-state index in [2.05, 4.69) is 22.2 Å². The molecule has 0 bridgehead atoms. The number of hydrogen-bond donors (Lipinski definition) is 3. The van der Waals surface area contributed by atoms with Gasteiger partial charge in [-0.15, -0.1) is 0 Å². The maximum absolute atomic E-state index is 8.87. The smallest absolute Gasteiger partial charge is 0.222 e. The summed E-state index contributed by atoms with van der Waals surface area (Å²) in [5.41, 5.74) is 9.94. The molecule has 0 aliphatic rings. The molecule has 0 amide bonds. The molecule has 0 atom stereocenters. The average molecular weight is 497 g/mol. The molecule has 1 aromatic heterocycles. The Hall–Kier alpha value is -3.36. The SMILES string of the molecule is CCCCNc1nc(N)nc(C)c1Cc1ccc(OCCCO)cc1OC.COCc1ccccc1. The number of nitrogens with one attached hydrogen (secondary N) is 1. The molecule has 0 saturated heterocycles. The van der Waals surface area contributed by atoms with Crippen LogP contribution in [-0.4, -0.2) is 49.1 Å². The number of aliphatic hydroxyl groups is 1. The third kappa shape index (κ3) is 9.71. The van der Waals surface area contributed by atoms with Crippen molar-refractivity contribution in [3.05, 3.63) is 70.9 Å². The molecule has 196 valence electrons. The molecule has 4 N–H and O–H groups in total. The van der Waals surface area contributed by atoms with Crippen LogP contribution in [0, 0.1) is 6.92 Å². The van der Waals surface area contributed by atoms with Gasteiger partial charge in [-0.3, -0.25) is 0 Å². The van der Waals surface area contributed by atoms with Gasteiger partial charge in [0.25, 0.3) is 0 Å². The molecule has 8 heteroatoms. The average Bonchev–Trinajstić information content (AvgIpc) is 2.88. The fourth-order valence-electron chi connectivity index (χ4n) is 3.51. The maximum atomic E-state index is 8.87. The molecule has 0 unspecified atom stereocenters. The molecule has 0 saturated carbocycles. The number of benzene rings is 2. The lowest BCUT2D eigenvalue weighted by atomic mass is 10.0. The second kappa shape index (κ2) is 16.3. The molecule has 0 aliphatic carbocycles. The zero-order valence-corrected chi connectivity index (χ0v) is 21.9. The molecule has 3 rings (SSSR count). The quantitative estimate of drug-likeness (QED) is 0.290.